The van der Waals surface area contributed by atoms with Crippen LogP contribution in [0.15, 0.2) is 36.7 Å². The van der Waals surface area contributed by atoms with Gasteiger partial charge in [-0.15, -0.1) is 0 Å². The molecule has 6 nitrogen and oxygen atoms in total. The van der Waals surface area contributed by atoms with Crippen molar-refractivity contribution in [1.29, 1.82) is 0 Å². The van der Waals surface area contributed by atoms with Crippen molar-refractivity contribution in [3.05, 3.63) is 58.4 Å². The third kappa shape index (κ3) is 3.65. The van der Waals surface area contributed by atoms with Crippen molar-refractivity contribution < 1.29 is 14.3 Å². The Bertz CT molecular complexity index is 818. The summed E-state index contributed by atoms with van der Waals surface area (Å²) in [6, 6.07) is 6.87. The van der Waals surface area contributed by atoms with Crippen molar-refractivity contribution in [3.8, 4) is 5.75 Å². The van der Waals surface area contributed by atoms with Crippen molar-refractivity contribution in [1.82, 2.24) is 14.8 Å². The van der Waals surface area contributed by atoms with Crippen LogP contribution < -0.4 is 4.74 Å². The normalized spacial score (nSPS) is 14.3. The predicted molar refractivity (Wildman–Crippen MR) is 98.8 cm³/mol. The lowest BCUT2D eigenvalue weighted by atomic mass is 10.1. The van der Waals surface area contributed by atoms with E-state index in [1.165, 1.54) is 7.11 Å². The lowest BCUT2D eigenvalue weighted by Crippen LogP contribution is -2.50. The van der Waals surface area contributed by atoms with Crippen LogP contribution in [0.2, 0.25) is 5.02 Å². The van der Waals surface area contributed by atoms with E-state index in [0.29, 0.717) is 48.1 Å². The molecule has 0 bridgehead atoms. The molecule has 1 aliphatic rings. The Morgan fingerprint density at radius 2 is 1.77 bits per heavy atom. The Morgan fingerprint density at radius 3 is 2.35 bits per heavy atom. The number of piperazine rings is 1. The Morgan fingerprint density at radius 1 is 1.12 bits per heavy atom. The number of carbonyl (C=O) groups is 2. The Balaban J connectivity index is 1.71. The summed E-state index contributed by atoms with van der Waals surface area (Å²) in [4.78, 5) is 32.8. The molecule has 2 amide bonds. The van der Waals surface area contributed by atoms with Gasteiger partial charge < -0.3 is 14.5 Å². The zero-order valence-electron chi connectivity index (χ0n) is 14.7. The van der Waals surface area contributed by atoms with E-state index in [1.54, 1.807) is 46.5 Å². The minimum atomic E-state index is -0.138. The van der Waals surface area contributed by atoms with E-state index in [2.05, 4.69) is 4.98 Å². The first-order chi connectivity index (χ1) is 12.5. The topological polar surface area (TPSA) is 62.7 Å². The summed E-state index contributed by atoms with van der Waals surface area (Å²) >= 11 is 6.11. The fraction of sp³-hybridized carbons (Fsp3) is 0.316. The SMILES string of the molecule is COc1c(C)cc(Cl)cc1C(=O)N1CCN(C(=O)c2cccnc2)CC1. The molecule has 0 N–H and O–H groups in total. The highest BCUT2D eigenvalue weighted by atomic mass is 35.5. The lowest BCUT2D eigenvalue weighted by Gasteiger charge is -2.35. The highest BCUT2D eigenvalue weighted by Crippen LogP contribution is 2.29. The maximum absolute atomic E-state index is 12.9. The van der Waals surface area contributed by atoms with E-state index in [9.17, 15) is 9.59 Å². The summed E-state index contributed by atoms with van der Waals surface area (Å²) in [7, 11) is 1.54. The van der Waals surface area contributed by atoms with Crippen LogP contribution >= 0.6 is 11.6 Å². The molecule has 3 rings (SSSR count). The number of halogens is 1. The summed E-state index contributed by atoms with van der Waals surface area (Å²) in [6.07, 6.45) is 3.19. The number of rotatable bonds is 3. The third-order valence-corrected chi connectivity index (χ3v) is 4.65. The van der Waals surface area contributed by atoms with Gasteiger partial charge in [0.25, 0.3) is 11.8 Å². The molecule has 0 unspecified atom stereocenters. The van der Waals surface area contributed by atoms with E-state index >= 15 is 0 Å². The average Bonchev–Trinajstić information content (AvgIpc) is 2.67. The van der Waals surface area contributed by atoms with Crippen molar-refractivity contribution in [2.75, 3.05) is 33.3 Å². The minimum absolute atomic E-state index is 0.0682. The van der Waals surface area contributed by atoms with Crippen LogP contribution in [0.1, 0.15) is 26.3 Å². The summed E-state index contributed by atoms with van der Waals surface area (Å²) in [5.74, 6) is 0.329. The molecule has 1 saturated heterocycles. The van der Waals surface area contributed by atoms with Crippen LogP contribution in [0.25, 0.3) is 0 Å². The molecule has 2 heterocycles. The molecule has 0 spiro atoms. The van der Waals surface area contributed by atoms with E-state index < -0.39 is 0 Å². The van der Waals surface area contributed by atoms with Crippen molar-refractivity contribution in [2.24, 2.45) is 0 Å². The molecular weight excluding hydrogens is 354 g/mol. The van der Waals surface area contributed by atoms with Gasteiger partial charge in [0.1, 0.15) is 5.75 Å². The number of aryl methyl sites for hydroxylation is 1. The molecule has 0 saturated carbocycles. The van der Waals surface area contributed by atoms with Crippen LogP contribution in [0, 0.1) is 6.92 Å². The Labute approximate surface area is 157 Å². The summed E-state index contributed by atoms with van der Waals surface area (Å²) < 4.78 is 5.38. The van der Waals surface area contributed by atoms with Gasteiger partial charge in [0.2, 0.25) is 0 Å². The van der Waals surface area contributed by atoms with Crippen molar-refractivity contribution in [3.63, 3.8) is 0 Å². The van der Waals surface area contributed by atoms with E-state index in [-0.39, 0.29) is 11.8 Å². The fourth-order valence-electron chi connectivity index (χ4n) is 3.11. The van der Waals surface area contributed by atoms with E-state index in [0.717, 1.165) is 5.56 Å². The van der Waals surface area contributed by atoms with Gasteiger partial charge in [-0.25, -0.2) is 0 Å². The third-order valence-electron chi connectivity index (χ3n) is 4.44. The first-order valence-corrected chi connectivity index (χ1v) is 8.71. The van der Waals surface area contributed by atoms with Crippen LogP contribution in [0.4, 0.5) is 0 Å². The highest BCUT2D eigenvalue weighted by molar-refractivity contribution is 6.31. The average molecular weight is 374 g/mol. The van der Waals surface area contributed by atoms with Gasteiger partial charge in [-0.1, -0.05) is 11.6 Å². The molecule has 7 heteroatoms. The molecular formula is C19H20ClN3O3. The zero-order valence-corrected chi connectivity index (χ0v) is 15.5. The van der Waals surface area contributed by atoms with Crippen LogP contribution in [0.3, 0.4) is 0 Å². The van der Waals surface area contributed by atoms with Gasteiger partial charge in [-0.3, -0.25) is 14.6 Å². The Kier molecular flexibility index (Phi) is 5.42. The van der Waals surface area contributed by atoms with Gasteiger partial charge in [-0.2, -0.15) is 0 Å². The van der Waals surface area contributed by atoms with Gasteiger partial charge in [0, 0.05) is 43.6 Å². The number of aromatic nitrogens is 1. The van der Waals surface area contributed by atoms with Crippen LogP contribution in [0.5, 0.6) is 5.75 Å². The van der Waals surface area contributed by atoms with E-state index in [1.807, 2.05) is 6.92 Å². The monoisotopic (exact) mass is 373 g/mol. The van der Waals surface area contributed by atoms with Crippen molar-refractivity contribution >= 4 is 23.4 Å². The fourth-order valence-corrected chi connectivity index (χ4v) is 3.39. The van der Waals surface area contributed by atoms with Gasteiger partial charge in [-0.05, 0) is 36.8 Å². The number of amides is 2. The largest absolute Gasteiger partial charge is 0.496 e. The quantitative estimate of drug-likeness (QED) is 0.829. The summed E-state index contributed by atoms with van der Waals surface area (Å²) in [5, 5.41) is 0.497. The number of carbonyl (C=O) groups excluding carboxylic acids is 2. The molecule has 0 aliphatic carbocycles. The summed E-state index contributed by atoms with van der Waals surface area (Å²) in [6.45, 7) is 3.72. The Hall–Kier alpha value is -2.60. The van der Waals surface area contributed by atoms with Gasteiger partial charge in [0.15, 0.2) is 0 Å². The maximum Gasteiger partial charge on any atom is 0.257 e. The van der Waals surface area contributed by atoms with Gasteiger partial charge in [0.05, 0.1) is 18.2 Å². The summed E-state index contributed by atoms with van der Waals surface area (Å²) in [5.41, 5.74) is 1.82. The molecule has 0 atom stereocenters. The zero-order chi connectivity index (χ0) is 18.7. The second kappa shape index (κ2) is 7.74. The number of ether oxygens (including phenoxy) is 1. The predicted octanol–water partition coefficient (Wildman–Crippen LogP) is 2.65. The van der Waals surface area contributed by atoms with Gasteiger partial charge >= 0.3 is 0 Å². The second-order valence-electron chi connectivity index (χ2n) is 6.13. The highest BCUT2D eigenvalue weighted by Gasteiger charge is 2.27. The van der Waals surface area contributed by atoms with Crippen LogP contribution in [-0.4, -0.2) is 59.9 Å². The smallest absolute Gasteiger partial charge is 0.257 e. The molecule has 1 aliphatic heterocycles. The number of pyridine rings is 1. The number of methoxy groups -OCH3 is 1. The first-order valence-electron chi connectivity index (χ1n) is 8.34. The standard InChI is InChI=1S/C19H20ClN3O3/c1-13-10-15(20)11-16(17(13)26-2)19(25)23-8-6-22(7-9-23)18(24)14-4-3-5-21-12-14/h3-5,10-12H,6-9H2,1-2H3. The first kappa shape index (κ1) is 18.2. The number of nitrogens with zero attached hydrogens (tertiary/aromatic N) is 3. The van der Waals surface area contributed by atoms with Crippen molar-refractivity contribution in [2.45, 2.75) is 6.92 Å². The minimum Gasteiger partial charge on any atom is -0.496 e. The van der Waals surface area contributed by atoms with E-state index in [4.69, 9.17) is 16.3 Å². The van der Waals surface area contributed by atoms with Crippen LogP contribution in [-0.2, 0) is 0 Å². The lowest BCUT2D eigenvalue weighted by molar-refractivity contribution is 0.0533. The molecule has 1 aromatic carbocycles. The number of hydrogen-bond donors (Lipinski definition) is 0. The molecule has 136 valence electrons. The molecule has 26 heavy (non-hydrogen) atoms. The molecule has 0 radical (unpaired) electrons. The molecule has 1 aromatic heterocycles. The molecule has 2 aromatic rings. The second-order valence-corrected chi connectivity index (χ2v) is 6.57. The number of benzene rings is 1. The maximum atomic E-state index is 12.9. The molecule has 1 fully saturated rings. The number of hydrogen-bond acceptors (Lipinski definition) is 4.